The van der Waals surface area contributed by atoms with Crippen LogP contribution in [-0.2, 0) is 9.53 Å². The molecule has 1 aromatic carbocycles. The van der Waals surface area contributed by atoms with E-state index in [1.54, 1.807) is 0 Å². The maximum Gasteiger partial charge on any atom is 0.315 e. The summed E-state index contributed by atoms with van der Waals surface area (Å²) in [4.78, 5) is 11.6. The molecule has 1 atom stereocenters. The third-order valence-corrected chi connectivity index (χ3v) is 2.12. The minimum absolute atomic E-state index is 0.216. The summed E-state index contributed by atoms with van der Waals surface area (Å²) < 4.78 is 5.00. The van der Waals surface area contributed by atoms with Crippen molar-refractivity contribution in [3.05, 3.63) is 35.9 Å². The van der Waals surface area contributed by atoms with Crippen molar-refractivity contribution < 1.29 is 14.6 Å². The summed E-state index contributed by atoms with van der Waals surface area (Å²) in [5.41, 5.74) is 0.793. The molecule has 0 aromatic heterocycles. The van der Waals surface area contributed by atoms with Gasteiger partial charge in [0, 0.05) is 0 Å². The van der Waals surface area contributed by atoms with E-state index in [0.717, 1.165) is 12.0 Å². The summed E-state index contributed by atoms with van der Waals surface area (Å²) in [5.74, 6) is -0.914. The van der Waals surface area contributed by atoms with E-state index in [0.29, 0.717) is 6.61 Å². The average molecular weight is 208 g/mol. The molecule has 0 heterocycles. The molecule has 15 heavy (non-hydrogen) atoms. The standard InChI is InChI=1S/C12H16O3/c1-2-8-15-12(14)11(9-13)10-6-4-3-5-7-10/h3-7,11,13H,2,8-9H2,1H3. The lowest BCUT2D eigenvalue weighted by Gasteiger charge is -2.13. The molecule has 82 valence electrons. The third-order valence-electron chi connectivity index (χ3n) is 2.12. The predicted molar refractivity (Wildman–Crippen MR) is 57.5 cm³/mol. The molecule has 3 nitrogen and oxygen atoms in total. The minimum Gasteiger partial charge on any atom is -0.465 e. The number of hydrogen-bond donors (Lipinski definition) is 1. The first-order chi connectivity index (χ1) is 7.29. The van der Waals surface area contributed by atoms with Crippen molar-refractivity contribution >= 4 is 5.97 Å². The quantitative estimate of drug-likeness (QED) is 0.749. The second-order valence-electron chi connectivity index (χ2n) is 3.31. The number of carbonyl (C=O) groups excluding carboxylic acids is 1. The van der Waals surface area contributed by atoms with Gasteiger partial charge in [0.05, 0.1) is 13.2 Å². The topological polar surface area (TPSA) is 46.5 Å². The zero-order chi connectivity index (χ0) is 11.1. The Balaban J connectivity index is 2.67. The molecule has 0 fully saturated rings. The minimum atomic E-state index is -0.558. The van der Waals surface area contributed by atoms with Gasteiger partial charge in [-0.25, -0.2) is 0 Å². The van der Waals surface area contributed by atoms with Gasteiger partial charge in [-0.2, -0.15) is 0 Å². The number of aliphatic hydroxyl groups is 1. The van der Waals surface area contributed by atoms with Crippen molar-refractivity contribution in [3.8, 4) is 0 Å². The van der Waals surface area contributed by atoms with Crippen LogP contribution in [0.2, 0.25) is 0 Å². The number of benzene rings is 1. The van der Waals surface area contributed by atoms with Gasteiger partial charge in [-0.15, -0.1) is 0 Å². The van der Waals surface area contributed by atoms with E-state index >= 15 is 0 Å². The fourth-order valence-corrected chi connectivity index (χ4v) is 1.30. The van der Waals surface area contributed by atoms with Gasteiger partial charge in [0.1, 0.15) is 5.92 Å². The highest BCUT2D eigenvalue weighted by Crippen LogP contribution is 2.16. The first kappa shape index (κ1) is 11.7. The van der Waals surface area contributed by atoms with E-state index in [9.17, 15) is 4.79 Å². The zero-order valence-electron chi connectivity index (χ0n) is 8.85. The van der Waals surface area contributed by atoms with Gasteiger partial charge >= 0.3 is 5.97 Å². The molecule has 1 aromatic rings. The third kappa shape index (κ3) is 3.36. The molecule has 1 rings (SSSR count). The molecule has 1 unspecified atom stereocenters. The van der Waals surface area contributed by atoms with Crippen molar-refractivity contribution in [2.75, 3.05) is 13.2 Å². The van der Waals surface area contributed by atoms with E-state index in [1.165, 1.54) is 0 Å². The molecule has 0 spiro atoms. The van der Waals surface area contributed by atoms with Gasteiger partial charge in [-0.1, -0.05) is 37.3 Å². The van der Waals surface area contributed by atoms with Crippen molar-refractivity contribution in [3.63, 3.8) is 0 Å². The van der Waals surface area contributed by atoms with Crippen LogP contribution in [0.3, 0.4) is 0 Å². The van der Waals surface area contributed by atoms with E-state index in [-0.39, 0.29) is 12.6 Å². The maximum absolute atomic E-state index is 11.6. The van der Waals surface area contributed by atoms with Crippen molar-refractivity contribution in [2.24, 2.45) is 0 Å². The van der Waals surface area contributed by atoms with Crippen LogP contribution in [0.1, 0.15) is 24.8 Å². The first-order valence-electron chi connectivity index (χ1n) is 5.12. The van der Waals surface area contributed by atoms with Gasteiger partial charge in [-0.05, 0) is 12.0 Å². The van der Waals surface area contributed by atoms with E-state index in [1.807, 2.05) is 37.3 Å². The SMILES string of the molecule is CCCOC(=O)C(CO)c1ccccc1. The highest BCUT2D eigenvalue weighted by molar-refractivity contribution is 5.78. The number of esters is 1. The molecular formula is C12H16O3. The Labute approximate surface area is 89.7 Å². The zero-order valence-corrected chi connectivity index (χ0v) is 8.85. The van der Waals surface area contributed by atoms with Gasteiger partial charge in [0.2, 0.25) is 0 Å². The predicted octanol–water partition coefficient (Wildman–Crippen LogP) is 1.72. The lowest BCUT2D eigenvalue weighted by atomic mass is 10.0. The Hall–Kier alpha value is -1.35. The van der Waals surface area contributed by atoms with Crippen molar-refractivity contribution in [2.45, 2.75) is 19.3 Å². The Bertz CT molecular complexity index is 295. The van der Waals surface area contributed by atoms with Gasteiger partial charge in [0.25, 0.3) is 0 Å². The molecule has 0 amide bonds. The lowest BCUT2D eigenvalue weighted by molar-refractivity contribution is -0.146. The molecule has 1 N–H and O–H groups in total. The maximum atomic E-state index is 11.6. The largest absolute Gasteiger partial charge is 0.465 e. The summed E-state index contributed by atoms with van der Waals surface area (Å²) >= 11 is 0. The number of carbonyl (C=O) groups is 1. The van der Waals surface area contributed by atoms with Crippen LogP contribution < -0.4 is 0 Å². The Morgan fingerprint density at radius 2 is 2.07 bits per heavy atom. The number of aliphatic hydroxyl groups excluding tert-OH is 1. The molecule has 0 bridgehead atoms. The van der Waals surface area contributed by atoms with Gasteiger partial charge < -0.3 is 9.84 Å². The molecule has 0 aliphatic carbocycles. The summed E-state index contributed by atoms with van der Waals surface area (Å²) in [6.45, 7) is 2.12. The van der Waals surface area contributed by atoms with Gasteiger partial charge in [-0.3, -0.25) is 4.79 Å². The van der Waals surface area contributed by atoms with Crippen LogP contribution in [0.25, 0.3) is 0 Å². The van der Waals surface area contributed by atoms with E-state index in [4.69, 9.17) is 9.84 Å². The summed E-state index contributed by atoms with van der Waals surface area (Å²) in [7, 11) is 0. The fourth-order valence-electron chi connectivity index (χ4n) is 1.30. The van der Waals surface area contributed by atoms with Gasteiger partial charge in [0.15, 0.2) is 0 Å². The Morgan fingerprint density at radius 1 is 1.40 bits per heavy atom. The molecule has 0 aliphatic rings. The smallest absolute Gasteiger partial charge is 0.315 e. The summed E-state index contributed by atoms with van der Waals surface area (Å²) in [6, 6.07) is 9.17. The van der Waals surface area contributed by atoms with Crippen molar-refractivity contribution in [1.29, 1.82) is 0 Å². The molecular weight excluding hydrogens is 192 g/mol. The second kappa shape index (κ2) is 6.19. The first-order valence-corrected chi connectivity index (χ1v) is 5.12. The summed E-state index contributed by atoms with van der Waals surface area (Å²) in [6.07, 6.45) is 0.790. The van der Waals surface area contributed by atoms with Crippen LogP contribution in [0.4, 0.5) is 0 Å². The fraction of sp³-hybridized carbons (Fsp3) is 0.417. The molecule has 3 heteroatoms. The highest BCUT2D eigenvalue weighted by atomic mass is 16.5. The monoisotopic (exact) mass is 208 g/mol. The Kier molecular flexibility index (Phi) is 4.84. The van der Waals surface area contributed by atoms with Crippen LogP contribution in [0, 0.1) is 0 Å². The Morgan fingerprint density at radius 3 is 2.60 bits per heavy atom. The number of hydrogen-bond acceptors (Lipinski definition) is 3. The highest BCUT2D eigenvalue weighted by Gasteiger charge is 2.20. The van der Waals surface area contributed by atoms with Crippen LogP contribution in [0.5, 0.6) is 0 Å². The molecule has 0 radical (unpaired) electrons. The van der Waals surface area contributed by atoms with E-state index in [2.05, 4.69) is 0 Å². The molecule has 0 saturated carbocycles. The van der Waals surface area contributed by atoms with Crippen molar-refractivity contribution in [1.82, 2.24) is 0 Å². The average Bonchev–Trinajstić information content (AvgIpc) is 2.29. The second-order valence-corrected chi connectivity index (χ2v) is 3.31. The number of ether oxygens (including phenoxy) is 1. The normalized spacial score (nSPS) is 12.1. The van der Waals surface area contributed by atoms with Crippen LogP contribution in [0.15, 0.2) is 30.3 Å². The van der Waals surface area contributed by atoms with Crippen LogP contribution >= 0.6 is 0 Å². The lowest BCUT2D eigenvalue weighted by Crippen LogP contribution is -2.19. The number of rotatable bonds is 5. The van der Waals surface area contributed by atoms with E-state index < -0.39 is 5.92 Å². The van der Waals surface area contributed by atoms with Crippen LogP contribution in [-0.4, -0.2) is 24.3 Å². The molecule has 0 saturated heterocycles. The summed E-state index contributed by atoms with van der Waals surface area (Å²) in [5, 5.41) is 9.15. The molecule has 0 aliphatic heterocycles.